The molecule has 14 heavy (non-hydrogen) atoms. The van der Waals surface area contributed by atoms with Gasteiger partial charge in [0.25, 0.3) is 0 Å². The van der Waals surface area contributed by atoms with Crippen molar-refractivity contribution >= 4 is 11.6 Å². The fraction of sp³-hybridized carbons (Fsp3) is 0.833. The first kappa shape index (κ1) is 11.4. The first-order chi connectivity index (χ1) is 6.56. The van der Waals surface area contributed by atoms with Crippen molar-refractivity contribution in [2.45, 2.75) is 46.5 Å². The van der Waals surface area contributed by atoms with E-state index in [0.717, 1.165) is 12.8 Å². The molecule has 2 heteroatoms. The Bertz CT molecular complexity index is 224. The topological polar surface area (TPSA) is 34.1 Å². The molecule has 0 N–H and O–H groups in total. The Kier molecular flexibility index (Phi) is 3.85. The molecule has 1 aliphatic rings. The van der Waals surface area contributed by atoms with Crippen molar-refractivity contribution in [3.05, 3.63) is 0 Å². The maximum Gasteiger partial charge on any atom is 0.143 e. The van der Waals surface area contributed by atoms with E-state index in [2.05, 4.69) is 6.92 Å². The van der Waals surface area contributed by atoms with Gasteiger partial charge in [0.15, 0.2) is 0 Å². The number of hydrogen-bond donors (Lipinski definition) is 0. The van der Waals surface area contributed by atoms with Crippen LogP contribution in [0.25, 0.3) is 0 Å². The molecule has 3 atom stereocenters. The SMILES string of the molecule is CCCC(=O)C1C(=O)CC(C)CC1C. The highest BCUT2D eigenvalue weighted by molar-refractivity contribution is 6.03. The molecule has 0 aromatic rings. The van der Waals surface area contributed by atoms with E-state index in [1.165, 1.54) is 0 Å². The molecule has 0 saturated heterocycles. The van der Waals surface area contributed by atoms with Crippen LogP contribution in [0.4, 0.5) is 0 Å². The molecule has 0 spiro atoms. The lowest BCUT2D eigenvalue weighted by Gasteiger charge is -2.30. The molecular weight excluding hydrogens is 176 g/mol. The average Bonchev–Trinajstić information content (AvgIpc) is 2.01. The summed E-state index contributed by atoms with van der Waals surface area (Å²) in [6, 6.07) is 0. The monoisotopic (exact) mass is 196 g/mol. The quantitative estimate of drug-likeness (QED) is 0.650. The van der Waals surface area contributed by atoms with E-state index in [1.807, 2.05) is 13.8 Å². The first-order valence-electron chi connectivity index (χ1n) is 5.61. The minimum Gasteiger partial charge on any atom is -0.299 e. The Hall–Kier alpha value is -0.660. The number of hydrogen-bond acceptors (Lipinski definition) is 2. The van der Waals surface area contributed by atoms with Crippen molar-refractivity contribution in [2.24, 2.45) is 17.8 Å². The average molecular weight is 196 g/mol. The number of carbonyl (C=O) groups excluding carboxylic acids is 2. The Balaban J connectivity index is 2.67. The molecule has 3 unspecified atom stereocenters. The van der Waals surface area contributed by atoms with Crippen molar-refractivity contribution in [3.8, 4) is 0 Å². The van der Waals surface area contributed by atoms with E-state index in [0.29, 0.717) is 18.8 Å². The molecule has 0 heterocycles. The maximum absolute atomic E-state index is 11.7. The summed E-state index contributed by atoms with van der Waals surface area (Å²) in [6.45, 7) is 6.11. The van der Waals surface area contributed by atoms with Gasteiger partial charge in [0.2, 0.25) is 0 Å². The Morgan fingerprint density at radius 2 is 2.07 bits per heavy atom. The van der Waals surface area contributed by atoms with E-state index in [9.17, 15) is 9.59 Å². The molecule has 0 radical (unpaired) electrons. The fourth-order valence-electron chi connectivity index (χ4n) is 2.54. The number of rotatable bonds is 3. The highest BCUT2D eigenvalue weighted by atomic mass is 16.1. The second-order valence-corrected chi connectivity index (χ2v) is 4.68. The van der Waals surface area contributed by atoms with Crippen LogP contribution in [-0.2, 0) is 9.59 Å². The number of ketones is 2. The Morgan fingerprint density at radius 3 is 2.57 bits per heavy atom. The molecule has 1 aliphatic carbocycles. The summed E-state index contributed by atoms with van der Waals surface area (Å²) < 4.78 is 0. The van der Waals surface area contributed by atoms with Gasteiger partial charge in [-0.15, -0.1) is 0 Å². The van der Waals surface area contributed by atoms with Crippen LogP contribution in [0.2, 0.25) is 0 Å². The predicted octanol–water partition coefficient (Wildman–Crippen LogP) is 2.61. The van der Waals surface area contributed by atoms with E-state index >= 15 is 0 Å². The molecule has 0 aliphatic heterocycles. The van der Waals surface area contributed by atoms with Crippen LogP contribution in [0.15, 0.2) is 0 Å². The van der Waals surface area contributed by atoms with Crippen molar-refractivity contribution in [3.63, 3.8) is 0 Å². The van der Waals surface area contributed by atoms with E-state index in [1.54, 1.807) is 0 Å². The first-order valence-corrected chi connectivity index (χ1v) is 5.61. The van der Waals surface area contributed by atoms with Crippen molar-refractivity contribution < 1.29 is 9.59 Å². The summed E-state index contributed by atoms with van der Waals surface area (Å²) in [5.74, 6) is 0.770. The Morgan fingerprint density at radius 1 is 1.43 bits per heavy atom. The van der Waals surface area contributed by atoms with Gasteiger partial charge >= 0.3 is 0 Å². The number of carbonyl (C=O) groups is 2. The van der Waals surface area contributed by atoms with E-state index in [4.69, 9.17) is 0 Å². The minimum atomic E-state index is -0.286. The van der Waals surface area contributed by atoms with Gasteiger partial charge in [-0.1, -0.05) is 20.8 Å². The smallest absolute Gasteiger partial charge is 0.143 e. The van der Waals surface area contributed by atoms with E-state index in [-0.39, 0.29) is 23.4 Å². The summed E-state index contributed by atoms with van der Waals surface area (Å²) >= 11 is 0. The lowest BCUT2D eigenvalue weighted by Crippen LogP contribution is -2.36. The summed E-state index contributed by atoms with van der Waals surface area (Å²) in [5.41, 5.74) is 0. The van der Waals surface area contributed by atoms with Crippen LogP contribution in [0.5, 0.6) is 0 Å². The van der Waals surface area contributed by atoms with Crippen LogP contribution in [-0.4, -0.2) is 11.6 Å². The maximum atomic E-state index is 11.7. The van der Waals surface area contributed by atoms with Gasteiger partial charge in [-0.2, -0.15) is 0 Å². The second-order valence-electron chi connectivity index (χ2n) is 4.68. The summed E-state index contributed by atoms with van der Waals surface area (Å²) in [7, 11) is 0. The highest BCUT2D eigenvalue weighted by Gasteiger charge is 2.36. The molecule has 0 amide bonds. The zero-order valence-corrected chi connectivity index (χ0v) is 9.38. The lowest BCUT2D eigenvalue weighted by atomic mass is 9.72. The van der Waals surface area contributed by atoms with Crippen molar-refractivity contribution in [1.82, 2.24) is 0 Å². The van der Waals surface area contributed by atoms with Gasteiger partial charge in [0.05, 0.1) is 5.92 Å². The predicted molar refractivity (Wildman–Crippen MR) is 56.0 cm³/mol. The molecular formula is C12H20O2. The standard InChI is InChI=1S/C12H20O2/c1-4-5-10(13)12-9(3)6-8(2)7-11(12)14/h8-9,12H,4-7H2,1-3H3. The van der Waals surface area contributed by atoms with Crippen LogP contribution < -0.4 is 0 Å². The van der Waals surface area contributed by atoms with Gasteiger partial charge in [0, 0.05) is 12.8 Å². The molecule has 80 valence electrons. The number of Topliss-reactive ketones (excluding diaryl/α,β-unsaturated/α-hetero) is 2. The van der Waals surface area contributed by atoms with Crippen LogP contribution in [0.3, 0.4) is 0 Å². The van der Waals surface area contributed by atoms with Gasteiger partial charge in [-0.05, 0) is 24.7 Å². The Labute approximate surface area is 86.1 Å². The molecule has 0 aromatic carbocycles. The molecule has 1 rings (SSSR count). The fourth-order valence-corrected chi connectivity index (χ4v) is 2.54. The van der Waals surface area contributed by atoms with Crippen LogP contribution in [0.1, 0.15) is 46.5 Å². The summed E-state index contributed by atoms with van der Waals surface area (Å²) in [5, 5.41) is 0. The molecule has 1 fully saturated rings. The second kappa shape index (κ2) is 4.72. The van der Waals surface area contributed by atoms with Gasteiger partial charge in [-0.3, -0.25) is 9.59 Å². The van der Waals surface area contributed by atoms with Crippen molar-refractivity contribution in [2.75, 3.05) is 0 Å². The third kappa shape index (κ3) is 2.43. The third-order valence-corrected chi connectivity index (χ3v) is 3.08. The zero-order chi connectivity index (χ0) is 10.7. The molecule has 1 saturated carbocycles. The molecule has 0 aromatic heterocycles. The third-order valence-electron chi connectivity index (χ3n) is 3.08. The highest BCUT2D eigenvalue weighted by Crippen LogP contribution is 2.32. The molecule has 2 nitrogen and oxygen atoms in total. The van der Waals surface area contributed by atoms with Crippen molar-refractivity contribution in [1.29, 1.82) is 0 Å². The minimum absolute atomic E-state index is 0.164. The normalized spacial score (nSPS) is 33.1. The van der Waals surface area contributed by atoms with Gasteiger partial charge in [-0.25, -0.2) is 0 Å². The largest absolute Gasteiger partial charge is 0.299 e. The zero-order valence-electron chi connectivity index (χ0n) is 9.38. The summed E-state index contributed by atoms with van der Waals surface area (Å²) in [4.78, 5) is 23.4. The lowest BCUT2D eigenvalue weighted by molar-refractivity contribution is -0.137. The summed E-state index contributed by atoms with van der Waals surface area (Å²) in [6.07, 6.45) is 3.04. The van der Waals surface area contributed by atoms with Crippen LogP contribution in [0, 0.1) is 17.8 Å². The van der Waals surface area contributed by atoms with E-state index < -0.39 is 0 Å². The molecule has 0 bridgehead atoms. The van der Waals surface area contributed by atoms with Crippen LogP contribution >= 0.6 is 0 Å². The van der Waals surface area contributed by atoms with Gasteiger partial charge in [0.1, 0.15) is 11.6 Å². The van der Waals surface area contributed by atoms with Gasteiger partial charge < -0.3 is 0 Å².